The Balaban J connectivity index is 2.53. The molecule has 1 N–H and O–H groups in total. The lowest BCUT2D eigenvalue weighted by Crippen LogP contribution is -2.42. The second-order valence-electron chi connectivity index (χ2n) is 5.53. The van der Waals surface area contributed by atoms with E-state index in [1.54, 1.807) is 0 Å². The Bertz CT molecular complexity index is 631. The van der Waals surface area contributed by atoms with Crippen LogP contribution in [0.15, 0.2) is 17.0 Å². The topological polar surface area (TPSA) is 57.6 Å². The van der Waals surface area contributed by atoms with Crippen molar-refractivity contribution in [3.05, 3.63) is 28.5 Å². The average molecular weight is 322 g/mol. The SMILES string of the molecule is CC1(C)CCCN1S(=O)(=O)c1cc(F)c(Cl)c(CO)c1. The first kappa shape index (κ1) is 15.7. The van der Waals surface area contributed by atoms with Gasteiger partial charge in [0.2, 0.25) is 10.0 Å². The minimum atomic E-state index is -3.79. The molecule has 1 saturated heterocycles. The summed E-state index contributed by atoms with van der Waals surface area (Å²) in [5.41, 5.74) is -0.420. The van der Waals surface area contributed by atoms with Crippen molar-refractivity contribution in [1.29, 1.82) is 0 Å². The van der Waals surface area contributed by atoms with Crippen molar-refractivity contribution in [2.24, 2.45) is 0 Å². The molecule has 112 valence electrons. The molecule has 7 heteroatoms. The number of rotatable bonds is 3. The molecule has 0 aliphatic carbocycles. The first-order chi connectivity index (χ1) is 9.20. The lowest BCUT2D eigenvalue weighted by Gasteiger charge is -2.30. The zero-order valence-electron chi connectivity index (χ0n) is 11.4. The predicted molar refractivity (Wildman–Crippen MR) is 74.5 cm³/mol. The number of sulfonamides is 1. The van der Waals surface area contributed by atoms with Crippen LogP contribution in [0.25, 0.3) is 0 Å². The van der Waals surface area contributed by atoms with Gasteiger partial charge in [0.25, 0.3) is 0 Å². The molecule has 4 nitrogen and oxygen atoms in total. The average Bonchev–Trinajstić information content (AvgIpc) is 2.72. The molecular formula is C13H17ClFNO3S. The van der Waals surface area contributed by atoms with E-state index in [1.165, 1.54) is 10.4 Å². The maximum atomic E-state index is 13.7. The van der Waals surface area contributed by atoms with Gasteiger partial charge in [-0.2, -0.15) is 4.31 Å². The van der Waals surface area contributed by atoms with Gasteiger partial charge in [0.05, 0.1) is 16.5 Å². The van der Waals surface area contributed by atoms with Crippen molar-refractivity contribution in [2.75, 3.05) is 6.54 Å². The van der Waals surface area contributed by atoms with Crippen molar-refractivity contribution < 1.29 is 17.9 Å². The standard InChI is InChI=1S/C13H17ClFNO3S/c1-13(2)4-3-5-16(13)20(18,19)10-6-9(8-17)12(14)11(15)7-10/h6-7,17H,3-5,8H2,1-2H3. The van der Waals surface area contributed by atoms with Gasteiger partial charge >= 0.3 is 0 Å². The van der Waals surface area contributed by atoms with Gasteiger partial charge in [0, 0.05) is 17.6 Å². The number of aliphatic hydroxyl groups is 1. The highest BCUT2D eigenvalue weighted by atomic mass is 35.5. The van der Waals surface area contributed by atoms with Gasteiger partial charge in [-0.1, -0.05) is 11.6 Å². The molecule has 0 radical (unpaired) electrons. The third kappa shape index (κ3) is 2.57. The molecule has 1 fully saturated rings. The van der Waals surface area contributed by atoms with Gasteiger partial charge in [-0.25, -0.2) is 12.8 Å². The van der Waals surface area contributed by atoms with E-state index in [-0.39, 0.29) is 15.5 Å². The number of nitrogens with zero attached hydrogens (tertiary/aromatic N) is 1. The fourth-order valence-corrected chi connectivity index (χ4v) is 4.62. The third-order valence-corrected chi connectivity index (χ3v) is 6.17. The summed E-state index contributed by atoms with van der Waals surface area (Å²) in [5, 5.41) is 8.90. The van der Waals surface area contributed by atoms with E-state index in [4.69, 9.17) is 16.7 Å². The number of benzene rings is 1. The summed E-state index contributed by atoms with van der Waals surface area (Å²) >= 11 is 5.69. The Morgan fingerprint density at radius 2 is 2.10 bits per heavy atom. The number of hydrogen-bond acceptors (Lipinski definition) is 3. The van der Waals surface area contributed by atoms with Gasteiger partial charge in [-0.15, -0.1) is 0 Å². The van der Waals surface area contributed by atoms with Crippen LogP contribution in [0.1, 0.15) is 32.3 Å². The van der Waals surface area contributed by atoms with Crippen LogP contribution in [0.5, 0.6) is 0 Å². The predicted octanol–water partition coefficient (Wildman–Crippen LogP) is 2.53. The normalized spacial score (nSPS) is 19.4. The summed E-state index contributed by atoms with van der Waals surface area (Å²) in [5.74, 6) is -0.839. The van der Waals surface area contributed by atoms with Crippen LogP contribution in [0.3, 0.4) is 0 Å². The van der Waals surface area contributed by atoms with Gasteiger partial charge < -0.3 is 5.11 Å². The second kappa shape index (κ2) is 5.26. The molecule has 0 atom stereocenters. The zero-order chi connectivity index (χ0) is 15.1. The van der Waals surface area contributed by atoms with Crippen molar-refractivity contribution >= 4 is 21.6 Å². The van der Waals surface area contributed by atoms with Gasteiger partial charge in [0.15, 0.2) is 0 Å². The van der Waals surface area contributed by atoms with Crippen LogP contribution in [0.2, 0.25) is 5.02 Å². The molecule has 0 aromatic heterocycles. The van der Waals surface area contributed by atoms with E-state index in [0.717, 1.165) is 18.9 Å². The fourth-order valence-electron chi connectivity index (χ4n) is 2.54. The van der Waals surface area contributed by atoms with E-state index in [9.17, 15) is 12.8 Å². The molecule has 0 saturated carbocycles. The van der Waals surface area contributed by atoms with E-state index < -0.39 is 28.0 Å². The maximum Gasteiger partial charge on any atom is 0.243 e. The summed E-state index contributed by atoms with van der Waals surface area (Å²) in [6, 6.07) is 2.14. The number of hydrogen-bond donors (Lipinski definition) is 1. The zero-order valence-corrected chi connectivity index (χ0v) is 12.9. The molecule has 1 aromatic carbocycles. The van der Waals surface area contributed by atoms with Crippen molar-refractivity contribution in [1.82, 2.24) is 4.31 Å². The second-order valence-corrected chi connectivity index (χ2v) is 7.77. The van der Waals surface area contributed by atoms with Crippen LogP contribution < -0.4 is 0 Å². The molecule has 1 aliphatic rings. The smallest absolute Gasteiger partial charge is 0.243 e. The highest BCUT2D eigenvalue weighted by molar-refractivity contribution is 7.89. The van der Waals surface area contributed by atoms with Crippen molar-refractivity contribution in [3.8, 4) is 0 Å². The molecule has 0 amide bonds. The fraction of sp³-hybridized carbons (Fsp3) is 0.538. The molecule has 0 unspecified atom stereocenters. The lowest BCUT2D eigenvalue weighted by atomic mass is 10.0. The third-order valence-electron chi connectivity index (χ3n) is 3.66. The molecule has 1 heterocycles. The molecular weight excluding hydrogens is 305 g/mol. The highest BCUT2D eigenvalue weighted by Gasteiger charge is 2.41. The Morgan fingerprint density at radius 3 is 2.60 bits per heavy atom. The molecule has 2 rings (SSSR count). The quantitative estimate of drug-likeness (QED) is 0.930. The van der Waals surface area contributed by atoms with Gasteiger partial charge in [-0.3, -0.25) is 0 Å². The molecule has 1 aromatic rings. The van der Waals surface area contributed by atoms with Gasteiger partial charge in [-0.05, 0) is 38.8 Å². The number of halogens is 2. The Morgan fingerprint density at radius 1 is 1.45 bits per heavy atom. The van der Waals surface area contributed by atoms with Crippen LogP contribution in [-0.4, -0.2) is 29.9 Å². The molecule has 0 spiro atoms. The van der Waals surface area contributed by atoms with E-state index in [2.05, 4.69) is 0 Å². The molecule has 0 bridgehead atoms. The van der Waals surface area contributed by atoms with E-state index >= 15 is 0 Å². The van der Waals surface area contributed by atoms with E-state index in [0.29, 0.717) is 6.54 Å². The van der Waals surface area contributed by atoms with Crippen LogP contribution in [0, 0.1) is 5.82 Å². The Hall–Kier alpha value is -0.690. The summed E-state index contributed by atoms with van der Waals surface area (Å²) in [4.78, 5) is -0.168. The molecule has 1 aliphatic heterocycles. The van der Waals surface area contributed by atoms with Crippen molar-refractivity contribution in [2.45, 2.75) is 43.7 Å². The van der Waals surface area contributed by atoms with Crippen LogP contribution in [-0.2, 0) is 16.6 Å². The van der Waals surface area contributed by atoms with Gasteiger partial charge in [0.1, 0.15) is 5.82 Å². The minimum absolute atomic E-state index is 0.0715. The molecule has 20 heavy (non-hydrogen) atoms. The lowest BCUT2D eigenvalue weighted by molar-refractivity contribution is 0.280. The monoisotopic (exact) mass is 321 g/mol. The minimum Gasteiger partial charge on any atom is -0.392 e. The first-order valence-electron chi connectivity index (χ1n) is 6.32. The van der Waals surface area contributed by atoms with E-state index in [1.807, 2.05) is 13.8 Å². The first-order valence-corrected chi connectivity index (χ1v) is 8.13. The maximum absolute atomic E-state index is 13.7. The summed E-state index contributed by atoms with van der Waals surface area (Å²) in [6.07, 6.45) is 1.53. The Kier molecular flexibility index (Phi) is 4.12. The van der Waals surface area contributed by atoms with Crippen LogP contribution >= 0.6 is 11.6 Å². The highest BCUT2D eigenvalue weighted by Crippen LogP contribution is 2.35. The summed E-state index contributed by atoms with van der Waals surface area (Å²) in [7, 11) is -3.79. The van der Waals surface area contributed by atoms with Crippen molar-refractivity contribution in [3.63, 3.8) is 0 Å². The number of aliphatic hydroxyl groups excluding tert-OH is 1. The Labute approximate surface area is 123 Å². The largest absolute Gasteiger partial charge is 0.392 e. The summed E-state index contributed by atoms with van der Waals surface area (Å²) in [6.45, 7) is 3.59. The summed E-state index contributed by atoms with van der Waals surface area (Å²) < 4.78 is 40.3. The van der Waals surface area contributed by atoms with Crippen LogP contribution in [0.4, 0.5) is 4.39 Å².